The van der Waals surface area contributed by atoms with Crippen molar-refractivity contribution in [2.45, 2.75) is 46.1 Å². The molecule has 0 radical (unpaired) electrons. The molecular formula is C17H28N2OS. The van der Waals surface area contributed by atoms with Gasteiger partial charge in [0.15, 0.2) is 0 Å². The van der Waals surface area contributed by atoms with E-state index in [4.69, 9.17) is 0 Å². The highest BCUT2D eigenvalue weighted by Gasteiger charge is 2.21. The van der Waals surface area contributed by atoms with Gasteiger partial charge in [0.05, 0.1) is 0 Å². The molecule has 118 valence electrons. The maximum atomic E-state index is 12.0. The Hall–Kier alpha value is -0.870. The maximum Gasteiger partial charge on any atom is 0.223 e. The fraction of sp³-hybridized carbons (Fsp3) is 0.706. The summed E-state index contributed by atoms with van der Waals surface area (Å²) in [6.07, 6.45) is 4.30. The fourth-order valence-electron chi connectivity index (χ4n) is 3.02. The molecule has 1 fully saturated rings. The Bertz CT molecular complexity index is 406. The number of carbonyl (C=O) groups is 1. The number of thiophene rings is 1. The molecule has 4 heteroatoms. The Morgan fingerprint density at radius 1 is 1.38 bits per heavy atom. The molecule has 1 aromatic heterocycles. The number of hydrogen-bond donors (Lipinski definition) is 1. The zero-order valence-electron chi connectivity index (χ0n) is 13.3. The molecule has 0 atom stereocenters. The monoisotopic (exact) mass is 308 g/mol. The Kier molecular flexibility index (Phi) is 6.71. The second kappa shape index (κ2) is 8.54. The van der Waals surface area contributed by atoms with Crippen LogP contribution in [0.15, 0.2) is 17.5 Å². The summed E-state index contributed by atoms with van der Waals surface area (Å²) in [6.45, 7) is 8.45. The third kappa shape index (κ3) is 5.11. The minimum Gasteiger partial charge on any atom is -0.356 e. The summed E-state index contributed by atoms with van der Waals surface area (Å²) in [6, 6.07) is 4.34. The van der Waals surface area contributed by atoms with Crippen LogP contribution in [-0.2, 0) is 11.3 Å². The third-order valence-corrected chi connectivity index (χ3v) is 5.45. The summed E-state index contributed by atoms with van der Waals surface area (Å²) >= 11 is 1.84. The predicted octanol–water partition coefficient (Wildman–Crippen LogP) is 3.51. The zero-order valence-corrected chi connectivity index (χ0v) is 14.1. The summed E-state index contributed by atoms with van der Waals surface area (Å²) in [7, 11) is 0. The molecule has 1 saturated heterocycles. The first kappa shape index (κ1) is 16.5. The lowest BCUT2D eigenvalue weighted by Crippen LogP contribution is -2.39. The number of hydrogen-bond acceptors (Lipinski definition) is 3. The van der Waals surface area contributed by atoms with E-state index < -0.39 is 0 Å². The Morgan fingerprint density at radius 2 is 2.10 bits per heavy atom. The molecule has 1 amide bonds. The van der Waals surface area contributed by atoms with Crippen LogP contribution in [0.1, 0.15) is 44.4 Å². The highest BCUT2D eigenvalue weighted by atomic mass is 32.1. The summed E-state index contributed by atoms with van der Waals surface area (Å²) in [5.74, 6) is 1.10. The van der Waals surface area contributed by atoms with E-state index >= 15 is 0 Å². The molecule has 1 aliphatic rings. The lowest BCUT2D eigenvalue weighted by Gasteiger charge is -2.32. The van der Waals surface area contributed by atoms with E-state index in [-0.39, 0.29) is 11.8 Å². The van der Waals surface area contributed by atoms with Crippen LogP contribution in [0.25, 0.3) is 0 Å². The quantitative estimate of drug-likeness (QED) is 0.836. The minimum absolute atomic E-state index is 0.198. The standard InChI is InChI=1S/C17H28N2OS/c1-3-15(4-2)17(20)18-12-14-7-9-19(10-8-14)13-16-6-5-11-21-16/h5-6,11,14-15H,3-4,7-10,12-13H2,1-2H3,(H,18,20). The third-order valence-electron chi connectivity index (χ3n) is 4.59. The highest BCUT2D eigenvalue weighted by Crippen LogP contribution is 2.20. The van der Waals surface area contributed by atoms with Crippen molar-refractivity contribution in [2.24, 2.45) is 11.8 Å². The van der Waals surface area contributed by atoms with E-state index in [0.29, 0.717) is 5.92 Å². The van der Waals surface area contributed by atoms with Crippen molar-refractivity contribution in [1.82, 2.24) is 10.2 Å². The average molecular weight is 308 g/mol. The van der Waals surface area contributed by atoms with Gasteiger partial charge in [-0.05, 0) is 56.1 Å². The van der Waals surface area contributed by atoms with Gasteiger partial charge in [-0.2, -0.15) is 0 Å². The van der Waals surface area contributed by atoms with Crippen LogP contribution >= 0.6 is 11.3 Å². The van der Waals surface area contributed by atoms with E-state index in [1.807, 2.05) is 11.3 Å². The summed E-state index contributed by atoms with van der Waals surface area (Å²) in [5, 5.41) is 5.31. The summed E-state index contributed by atoms with van der Waals surface area (Å²) < 4.78 is 0. The molecule has 2 heterocycles. The normalized spacial score (nSPS) is 17.3. The topological polar surface area (TPSA) is 32.3 Å². The lowest BCUT2D eigenvalue weighted by atomic mass is 9.96. The van der Waals surface area contributed by atoms with Gasteiger partial charge >= 0.3 is 0 Å². The van der Waals surface area contributed by atoms with Gasteiger partial charge in [0.1, 0.15) is 0 Å². The number of likely N-dealkylation sites (tertiary alicyclic amines) is 1. The van der Waals surface area contributed by atoms with Crippen molar-refractivity contribution >= 4 is 17.2 Å². The molecule has 0 saturated carbocycles. The summed E-state index contributed by atoms with van der Waals surface area (Å²) in [4.78, 5) is 16.0. The van der Waals surface area contributed by atoms with E-state index in [9.17, 15) is 4.79 Å². The summed E-state index contributed by atoms with van der Waals surface area (Å²) in [5.41, 5.74) is 0. The van der Waals surface area contributed by atoms with Gasteiger partial charge in [-0.1, -0.05) is 19.9 Å². The van der Waals surface area contributed by atoms with E-state index in [2.05, 4.69) is 41.6 Å². The van der Waals surface area contributed by atoms with Gasteiger partial charge in [-0.15, -0.1) is 11.3 Å². The molecule has 2 rings (SSSR count). The van der Waals surface area contributed by atoms with Crippen molar-refractivity contribution in [1.29, 1.82) is 0 Å². The number of amides is 1. The fourth-order valence-corrected chi connectivity index (χ4v) is 3.77. The number of rotatable bonds is 7. The zero-order chi connectivity index (χ0) is 15.1. The molecule has 0 unspecified atom stereocenters. The van der Waals surface area contributed by atoms with Gasteiger partial charge in [0.2, 0.25) is 5.91 Å². The number of nitrogens with one attached hydrogen (secondary N) is 1. The average Bonchev–Trinajstić information content (AvgIpc) is 3.01. The first-order valence-corrected chi connectivity index (χ1v) is 9.13. The molecule has 1 aliphatic heterocycles. The number of nitrogens with zero attached hydrogens (tertiary/aromatic N) is 1. The van der Waals surface area contributed by atoms with Gasteiger partial charge in [-0.3, -0.25) is 9.69 Å². The van der Waals surface area contributed by atoms with Gasteiger partial charge in [-0.25, -0.2) is 0 Å². The van der Waals surface area contributed by atoms with Crippen LogP contribution in [0.4, 0.5) is 0 Å². The molecule has 0 bridgehead atoms. The van der Waals surface area contributed by atoms with Crippen molar-refractivity contribution < 1.29 is 4.79 Å². The van der Waals surface area contributed by atoms with Crippen LogP contribution in [-0.4, -0.2) is 30.4 Å². The molecule has 0 aromatic carbocycles. The minimum atomic E-state index is 0.198. The number of carbonyl (C=O) groups excluding carboxylic acids is 1. The van der Waals surface area contributed by atoms with E-state index in [1.54, 1.807) is 0 Å². The van der Waals surface area contributed by atoms with Crippen molar-refractivity contribution in [3.63, 3.8) is 0 Å². The van der Waals surface area contributed by atoms with E-state index in [1.165, 1.54) is 17.7 Å². The first-order chi connectivity index (χ1) is 10.2. The molecule has 3 nitrogen and oxygen atoms in total. The lowest BCUT2D eigenvalue weighted by molar-refractivity contribution is -0.125. The first-order valence-electron chi connectivity index (χ1n) is 8.25. The molecule has 1 aromatic rings. The molecular weight excluding hydrogens is 280 g/mol. The van der Waals surface area contributed by atoms with Crippen LogP contribution in [0.3, 0.4) is 0 Å². The predicted molar refractivity (Wildman–Crippen MR) is 89.4 cm³/mol. The maximum absolute atomic E-state index is 12.0. The van der Waals surface area contributed by atoms with Crippen LogP contribution in [0, 0.1) is 11.8 Å². The second-order valence-electron chi connectivity index (χ2n) is 6.06. The van der Waals surface area contributed by atoms with Crippen molar-refractivity contribution in [3.8, 4) is 0 Å². The van der Waals surface area contributed by atoms with Crippen molar-refractivity contribution in [2.75, 3.05) is 19.6 Å². The second-order valence-corrected chi connectivity index (χ2v) is 7.09. The Morgan fingerprint density at radius 3 is 2.67 bits per heavy atom. The van der Waals surface area contributed by atoms with Gasteiger partial charge < -0.3 is 5.32 Å². The molecule has 0 aliphatic carbocycles. The molecule has 1 N–H and O–H groups in total. The highest BCUT2D eigenvalue weighted by molar-refractivity contribution is 7.09. The molecule has 0 spiro atoms. The largest absolute Gasteiger partial charge is 0.356 e. The van der Waals surface area contributed by atoms with Crippen molar-refractivity contribution in [3.05, 3.63) is 22.4 Å². The molecule has 21 heavy (non-hydrogen) atoms. The SMILES string of the molecule is CCC(CC)C(=O)NCC1CCN(Cc2cccs2)CC1. The Labute approximate surface area is 132 Å². The van der Waals surface area contributed by atoms with Crippen LogP contribution < -0.4 is 5.32 Å². The van der Waals surface area contributed by atoms with Crippen LogP contribution in [0.5, 0.6) is 0 Å². The van der Waals surface area contributed by atoms with Gasteiger partial charge in [0.25, 0.3) is 0 Å². The Balaban J connectivity index is 1.66. The van der Waals surface area contributed by atoms with Gasteiger partial charge in [0, 0.05) is 23.9 Å². The smallest absolute Gasteiger partial charge is 0.223 e. The van der Waals surface area contributed by atoms with E-state index in [0.717, 1.165) is 39.0 Å². The van der Waals surface area contributed by atoms with Crippen LogP contribution in [0.2, 0.25) is 0 Å². The number of piperidine rings is 1.